The van der Waals surface area contributed by atoms with E-state index >= 15 is 0 Å². The molecule has 37 heavy (non-hydrogen) atoms. The second kappa shape index (κ2) is 12.7. The zero-order chi connectivity index (χ0) is 27.9. The minimum atomic E-state index is -2.70. The van der Waals surface area contributed by atoms with Gasteiger partial charge in [-0.1, -0.05) is 13.3 Å². The molecule has 1 aliphatic heterocycles. The van der Waals surface area contributed by atoms with Crippen LogP contribution in [0.2, 0.25) is 0 Å². The van der Waals surface area contributed by atoms with Crippen molar-refractivity contribution in [1.82, 2.24) is 14.6 Å². The molecular formula is C26H38F2N6O3. The molecule has 9 nitrogen and oxygen atoms in total. The molecule has 204 valence electrons. The molecule has 0 saturated carbocycles. The molecular weight excluding hydrogens is 482 g/mol. The van der Waals surface area contributed by atoms with Gasteiger partial charge in [-0.15, -0.1) is 0 Å². The van der Waals surface area contributed by atoms with E-state index in [1.165, 1.54) is 5.01 Å². The van der Waals surface area contributed by atoms with E-state index < -0.39 is 11.9 Å². The smallest absolute Gasteiger partial charge is 0.300 e. The first-order valence-corrected chi connectivity index (χ1v) is 12.2. The zero-order valence-electron chi connectivity index (χ0n) is 22.2. The molecule has 0 unspecified atom stereocenters. The average molecular weight is 521 g/mol. The van der Waals surface area contributed by atoms with Crippen molar-refractivity contribution in [2.75, 3.05) is 25.0 Å². The van der Waals surface area contributed by atoms with Gasteiger partial charge in [0, 0.05) is 38.7 Å². The van der Waals surface area contributed by atoms with Crippen molar-refractivity contribution in [1.29, 1.82) is 0 Å². The van der Waals surface area contributed by atoms with Crippen LogP contribution in [0.15, 0.2) is 34.9 Å². The van der Waals surface area contributed by atoms with Gasteiger partial charge in [-0.25, -0.2) is 19.6 Å². The molecule has 11 heteroatoms. The first kappa shape index (κ1) is 29.8. The Morgan fingerprint density at radius 1 is 1.30 bits per heavy atom. The van der Waals surface area contributed by atoms with Crippen LogP contribution >= 0.6 is 0 Å². The van der Waals surface area contributed by atoms with E-state index in [1.807, 2.05) is 12.3 Å². The number of pyridine rings is 2. The van der Waals surface area contributed by atoms with Crippen LogP contribution in [0.1, 0.15) is 55.6 Å². The van der Waals surface area contributed by atoms with Crippen LogP contribution in [0.4, 0.5) is 14.5 Å². The van der Waals surface area contributed by atoms with Gasteiger partial charge in [0.15, 0.2) is 0 Å². The fourth-order valence-corrected chi connectivity index (χ4v) is 4.31. The fourth-order valence-electron chi connectivity index (χ4n) is 4.31. The van der Waals surface area contributed by atoms with Gasteiger partial charge in [-0.3, -0.25) is 9.59 Å². The number of likely N-dealkylation sites (N-methyl/N-ethyl adjacent to an activating group) is 1. The Kier molecular flexibility index (Phi) is 10.2. The summed E-state index contributed by atoms with van der Waals surface area (Å²) < 4.78 is 29.4. The molecule has 0 aromatic carbocycles. The molecule has 0 bridgehead atoms. The maximum absolute atomic E-state index is 13.9. The van der Waals surface area contributed by atoms with Crippen molar-refractivity contribution in [2.45, 2.75) is 65.8 Å². The summed E-state index contributed by atoms with van der Waals surface area (Å²) in [5, 5.41) is 8.81. The number of allylic oxidation sites excluding steroid dienone is 1. The van der Waals surface area contributed by atoms with Crippen molar-refractivity contribution < 1.29 is 18.7 Å². The maximum atomic E-state index is 13.9. The number of aryl methyl sites for hydroxylation is 3. The van der Waals surface area contributed by atoms with Crippen LogP contribution in [-0.2, 0) is 17.8 Å². The molecule has 1 aliphatic rings. The van der Waals surface area contributed by atoms with Crippen molar-refractivity contribution in [3.63, 3.8) is 0 Å². The molecule has 3 heterocycles. The Morgan fingerprint density at radius 2 is 1.95 bits per heavy atom. The van der Waals surface area contributed by atoms with Crippen molar-refractivity contribution in [2.24, 2.45) is 11.6 Å². The largest absolute Gasteiger partial charge is 0.481 e. The molecule has 2 aromatic rings. The Morgan fingerprint density at radius 3 is 2.49 bits per heavy atom. The average Bonchev–Trinajstić information content (AvgIpc) is 2.78. The molecule has 2 aromatic heterocycles. The molecule has 1 fully saturated rings. The lowest BCUT2D eigenvalue weighted by Crippen LogP contribution is -2.43. The summed E-state index contributed by atoms with van der Waals surface area (Å²) in [6, 6.07) is 5.41. The summed E-state index contributed by atoms with van der Waals surface area (Å²) in [4.78, 5) is 28.0. The summed E-state index contributed by atoms with van der Waals surface area (Å²) in [5.74, 6) is 2.55. The molecule has 0 spiro atoms. The van der Waals surface area contributed by atoms with Crippen molar-refractivity contribution in [3.8, 4) is 0 Å². The van der Waals surface area contributed by atoms with Crippen molar-refractivity contribution in [3.05, 3.63) is 63.0 Å². The van der Waals surface area contributed by atoms with E-state index in [0.717, 1.165) is 25.3 Å². The fraction of sp³-hybridized carbons (Fsp3) is 0.500. The minimum Gasteiger partial charge on any atom is -0.481 e. The van der Waals surface area contributed by atoms with E-state index in [1.54, 1.807) is 42.5 Å². The number of hydrazine groups is 1. The third kappa shape index (κ3) is 8.28. The molecule has 3 rings (SSSR count). The Bertz CT molecular complexity index is 1190. The minimum absolute atomic E-state index is 0.0890. The number of carbonyl (C=O) groups is 1. The lowest BCUT2D eigenvalue weighted by molar-refractivity contribution is -0.134. The standard InChI is InChI=1S/C24H34F2N6O.C2H4O2/c1-5-7-18-12-16(2)23(33)32(13-18)14-21(30(4)28)22(27)19-8-9-20(17(3)29-19)31-11-6-10-24(25,26)15-31;1-2(3)4/h8-9,12-13H,5-7,10-11,14-15,27-28H2,1-4H3;1H3,(H,3,4)/b22-21-;. The number of aromatic nitrogens is 2. The number of hydrogen-bond acceptors (Lipinski definition) is 7. The van der Waals surface area contributed by atoms with Crippen LogP contribution in [-0.4, -0.2) is 51.7 Å². The number of anilines is 1. The van der Waals surface area contributed by atoms with Gasteiger partial charge in [-0.2, -0.15) is 0 Å². The van der Waals surface area contributed by atoms with Crippen LogP contribution in [0.25, 0.3) is 5.70 Å². The number of rotatable bonds is 7. The SMILES string of the molecule is CC(=O)O.CCCc1cc(C)c(=O)n(C/C(=C(/N)c2ccc(N3CCCC(F)(F)C3)c(C)n2)N(C)N)c1. The Balaban J connectivity index is 0.00000112. The zero-order valence-corrected chi connectivity index (χ0v) is 22.2. The summed E-state index contributed by atoms with van der Waals surface area (Å²) in [7, 11) is 1.66. The lowest BCUT2D eigenvalue weighted by Gasteiger charge is -2.34. The number of piperidine rings is 1. The molecule has 0 amide bonds. The lowest BCUT2D eigenvalue weighted by atomic mass is 10.1. The third-order valence-corrected chi connectivity index (χ3v) is 5.98. The second-order valence-corrected chi connectivity index (χ2v) is 9.39. The van der Waals surface area contributed by atoms with E-state index in [-0.39, 0.29) is 25.1 Å². The van der Waals surface area contributed by atoms with E-state index in [4.69, 9.17) is 21.5 Å². The number of halogens is 2. The quantitative estimate of drug-likeness (QED) is 0.375. The monoisotopic (exact) mass is 520 g/mol. The maximum Gasteiger partial charge on any atom is 0.300 e. The van der Waals surface area contributed by atoms with E-state index in [9.17, 15) is 13.6 Å². The summed E-state index contributed by atoms with van der Waals surface area (Å²) in [6.45, 7) is 7.20. The molecule has 0 atom stereocenters. The predicted octanol–water partition coefficient (Wildman–Crippen LogP) is 3.27. The van der Waals surface area contributed by atoms with Crippen LogP contribution < -0.4 is 22.0 Å². The highest BCUT2D eigenvalue weighted by Gasteiger charge is 2.35. The second-order valence-electron chi connectivity index (χ2n) is 9.39. The number of nitrogens with two attached hydrogens (primary N) is 2. The number of nitrogens with zero attached hydrogens (tertiary/aromatic N) is 4. The molecule has 0 aliphatic carbocycles. The van der Waals surface area contributed by atoms with E-state index in [2.05, 4.69) is 11.9 Å². The topological polar surface area (TPSA) is 131 Å². The van der Waals surface area contributed by atoms with Gasteiger partial charge in [-0.05, 0) is 50.5 Å². The Labute approximate surface area is 216 Å². The van der Waals surface area contributed by atoms with Gasteiger partial charge >= 0.3 is 0 Å². The molecule has 1 saturated heterocycles. The number of carboxylic acid groups (broad SMARTS) is 1. The van der Waals surface area contributed by atoms with Gasteiger partial charge in [0.2, 0.25) is 0 Å². The van der Waals surface area contributed by atoms with Crippen molar-refractivity contribution >= 4 is 17.4 Å². The Hall–Kier alpha value is -3.47. The summed E-state index contributed by atoms with van der Waals surface area (Å²) in [5.41, 5.74) is 10.7. The van der Waals surface area contributed by atoms with Gasteiger partial charge in [0.05, 0.1) is 41.6 Å². The summed E-state index contributed by atoms with van der Waals surface area (Å²) >= 11 is 0. The highest BCUT2D eigenvalue weighted by molar-refractivity contribution is 5.65. The highest BCUT2D eigenvalue weighted by Crippen LogP contribution is 2.31. The van der Waals surface area contributed by atoms with Gasteiger partial charge in [0.25, 0.3) is 17.5 Å². The first-order valence-electron chi connectivity index (χ1n) is 12.2. The summed E-state index contributed by atoms with van der Waals surface area (Å²) in [6.07, 6.45) is 4.02. The van der Waals surface area contributed by atoms with Crippen LogP contribution in [0.3, 0.4) is 0 Å². The van der Waals surface area contributed by atoms with Crippen LogP contribution in [0.5, 0.6) is 0 Å². The number of alkyl halides is 2. The normalized spacial score (nSPS) is 15.4. The number of carboxylic acids is 1. The molecule has 5 N–H and O–H groups in total. The highest BCUT2D eigenvalue weighted by atomic mass is 19.3. The van der Waals surface area contributed by atoms with Gasteiger partial charge in [0.1, 0.15) is 0 Å². The number of aliphatic carboxylic acids is 1. The third-order valence-electron chi connectivity index (χ3n) is 5.98. The first-order chi connectivity index (χ1) is 17.3. The predicted molar refractivity (Wildman–Crippen MR) is 141 cm³/mol. The van der Waals surface area contributed by atoms with E-state index in [0.29, 0.717) is 47.0 Å². The van der Waals surface area contributed by atoms with Gasteiger partial charge < -0.3 is 25.3 Å². The number of hydrogen-bond donors (Lipinski definition) is 3. The van der Waals surface area contributed by atoms with Crippen LogP contribution in [0, 0.1) is 13.8 Å². The molecule has 0 radical (unpaired) electrons.